The molecule has 0 aliphatic carbocycles. The lowest BCUT2D eigenvalue weighted by Gasteiger charge is -2.19. The maximum atomic E-state index is 13.3. The zero-order valence-electron chi connectivity index (χ0n) is 15.6. The van der Waals surface area contributed by atoms with Crippen molar-refractivity contribution in [2.45, 2.75) is 33.2 Å². The van der Waals surface area contributed by atoms with Crippen molar-refractivity contribution in [3.8, 4) is 11.4 Å². The van der Waals surface area contributed by atoms with E-state index in [9.17, 15) is 4.79 Å². The van der Waals surface area contributed by atoms with Crippen molar-refractivity contribution >= 4 is 10.9 Å². The molecule has 0 amide bonds. The molecule has 0 saturated carbocycles. The van der Waals surface area contributed by atoms with Gasteiger partial charge in [-0.3, -0.25) is 9.36 Å². The van der Waals surface area contributed by atoms with Gasteiger partial charge in [-0.1, -0.05) is 31.2 Å². The first-order valence-corrected chi connectivity index (χ1v) is 9.24. The van der Waals surface area contributed by atoms with Gasteiger partial charge in [-0.25, -0.2) is 4.98 Å². The second kappa shape index (κ2) is 8.15. The van der Waals surface area contributed by atoms with Crippen LogP contribution in [0.5, 0.6) is 5.75 Å². The summed E-state index contributed by atoms with van der Waals surface area (Å²) in [5, 5.41) is 2.83. The summed E-state index contributed by atoms with van der Waals surface area (Å²) in [6.45, 7) is 7.70. The number of hydrogen-bond donors (Lipinski definition) is 1. The summed E-state index contributed by atoms with van der Waals surface area (Å²) in [7, 11) is 0. The van der Waals surface area contributed by atoms with E-state index >= 15 is 0 Å². The summed E-state index contributed by atoms with van der Waals surface area (Å²) in [5.41, 5.74) is 1.41. The molecule has 0 radical (unpaired) electrons. The Labute approximate surface area is 153 Å². The molecule has 0 aliphatic rings. The van der Waals surface area contributed by atoms with Gasteiger partial charge in [-0.2, -0.15) is 0 Å². The smallest absolute Gasteiger partial charge is 0.266 e. The first-order valence-electron chi connectivity index (χ1n) is 9.24. The number of ether oxygens (including phenoxy) is 1. The van der Waals surface area contributed by atoms with E-state index in [1.807, 2.05) is 55.5 Å². The summed E-state index contributed by atoms with van der Waals surface area (Å²) in [4.78, 5) is 18.2. The second-order valence-electron chi connectivity index (χ2n) is 6.34. The number of nitrogens with zero attached hydrogens (tertiary/aromatic N) is 2. The molecular formula is C21H26N3O2+. The van der Waals surface area contributed by atoms with Crippen LogP contribution in [-0.2, 0) is 0 Å². The Morgan fingerprint density at radius 1 is 1.12 bits per heavy atom. The van der Waals surface area contributed by atoms with Crippen molar-refractivity contribution in [3.05, 3.63) is 64.7 Å². The Morgan fingerprint density at radius 3 is 2.62 bits per heavy atom. The Kier molecular flexibility index (Phi) is 5.68. The number of rotatable bonds is 7. The van der Waals surface area contributed by atoms with E-state index in [4.69, 9.17) is 9.72 Å². The van der Waals surface area contributed by atoms with E-state index in [2.05, 4.69) is 19.2 Å². The largest absolute Gasteiger partial charge is 0.492 e. The molecule has 5 nitrogen and oxygen atoms in total. The van der Waals surface area contributed by atoms with Gasteiger partial charge in [0.05, 0.1) is 29.7 Å². The van der Waals surface area contributed by atoms with Crippen LogP contribution in [0, 0.1) is 0 Å². The minimum absolute atomic E-state index is 0.0574. The van der Waals surface area contributed by atoms with Crippen LogP contribution in [0.3, 0.4) is 0 Å². The molecule has 1 heterocycles. The predicted octanol–water partition coefficient (Wildman–Crippen LogP) is 2.82. The SMILES string of the molecule is CCC[NH2+][C@@H](C)c1nc2ccccc2c(=O)n1-c1ccccc1OCC. The van der Waals surface area contributed by atoms with E-state index in [1.54, 1.807) is 4.57 Å². The first kappa shape index (κ1) is 18.1. The minimum atomic E-state index is -0.0606. The molecule has 0 unspecified atom stereocenters. The number of nitrogens with two attached hydrogens (primary N) is 1. The fourth-order valence-corrected chi connectivity index (χ4v) is 3.13. The normalized spacial score (nSPS) is 12.3. The topological polar surface area (TPSA) is 60.7 Å². The van der Waals surface area contributed by atoms with E-state index in [0.29, 0.717) is 17.7 Å². The van der Waals surface area contributed by atoms with Gasteiger partial charge in [-0.15, -0.1) is 0 Å². The van der Waals surface area contributed by atoms with Crippen LogP contribution in [0.4, 0.5) is 0 Å². The zero-order valence-corrected chi connectivity index (χ0v) is 15.6. The van der Waals surface area contributed by atoms with Crippen molar-refractivity contribution in [1.82, 2.24) is 9.55 Å². The summed E-state index contributed by atoms with van der Waals surface area (Å²) in [6, 6.07) is 15.2. The Bertz CT molecular complexity index is 949. The van der Waals surface area contributed by atoms with E-state index < -0.39 is 0 Å². The molecule has 0 fully saturated rings. The highest BCUT2D eigenvalue weighted by atomic mass is 16.5. The molecule has 2 N–H and O–H groups in total. The highest BCUT2D eigenvalue weighted by Gasteiger charge is 2.21. The Hall–Kier alpha value is -2.66. The molecule has 0 aliphatic heterocycles. The third-order valence-corrected chi connectivity index (χ3v) is 4.42. The number of fused-ring (bicyclic) bond motifs is 1. The number of benzene rings is 2. The van der Waals surface area contributed by atoms with Gasteiger partial charge >= 0.3 is 0 Å². The van der Waals surface area contributed by atoms with Crippen molar-refractivity contribution in [2.24, 2.45) is 0 Å². The fourth-order valence-electron chi connectivity index (χ4n) is 3.13. The third-order valence-electron chi connectivity index (χ3n) is 4.42. The predicted molar refractivity (Wildman–Crippen MR) is 104 cm³/mol. The zero-order chi connectivity index (χ0) is 18.5. The molecule has 3 rings (SSSR count). The lowest BCUT2D eigenvalue weighted by atomic mass is 10.2. The number of aromatic nitrogens is 2. The van der Waals surface area contributed by atoms with Crippen LogP contribution >= 0.6 is 0 Å². The first-order chi connectivity index (χ1) is 12.7. The maximum Gasteiger partial charge on any atom is 0.266 e. The average molecular weight is 352 g/mol. The average Bonchev–Trinajstić information content (AvgIpc) is 2.67. The molecule has 2 aromatic carbocycles. The van der Waals surface area contributed by atoms with Gasteiger partial charge in [0.25, 0.3) is 5.56 Å². The van der Waals surface area contributed by atoms with Crippen LogP contribution in [0.15, 0.2) is 53.3 Å². The van der Waals surface area contributed by atoms with Crippen LogP contribution in [-0.4, -0.2) is 22.7 Å². The number of quaternary nitrogens is 1. The van der Waals surface area contributed by atoms with Crippen LogP contribution in [0.2, 0.25) is 0 Å². The molecule has 5 heteroatoms. The van der Waals surface area contributed by atoms with Crippen molar-refractivity contribution in [2.75, 3.05) is 13.2 Å². The van der Waals surface area contributed by atoms with E-state index in [-0.39, 0.29) is 11.6 Å². The number of para-hydroxylation sites is 3. The molecule has 0 bridgehead atoms. The molecule has 3 aromatic rings. The monoisotopic (exact) mass is 352 g/mol. The molecule has 136 valence electrons. The molecule has 0 saturated heterocycles. The highest BCUT2D eigenvalue weighted by Crippen LogP contribution is 2.24. The van der Waals surface area contributed by atoms with Crippen molar-refractivity contribution < 1.29 is 10.1 Å². The van der Waals surface area contributed by atoms with Gasteiger partial charge in [0.2, 0.25) is 0 Å². The summed E-state index contributed by atoms with van der Waals surface area (Å²) in [5.74, 6) is 1.44. The molecular weight excluding hydrogens is 326 g/mol. The van der Waals surface area contributed by atoms with Crippen LogP contribution in [0.25, 0.3) is 16.6 Å². The van der Waals surface area contributed by atoms with Crippen LogP contribution < -0.4 is 15.6 Å². The van der Waals surface area contributed by atoms with Gasteiger partial charge in [0.15, 0.2) is 5.82 Å². The van der Waals surface area contributed by atoms with Crippen molar-refractivity contribution in [3.63, 3.8) is 0 Å². The van der Waals surface area contributed by atoms with Crippen molar-refractivity contribution in [1.29, 1.82) is 0 Å². The van der Waals surface area contributed by atoms with E-state index in [0.717, 1.165) is 30.0 Å². The van der Waals surface area contributed by atoms with Crippen LogP contribution in [0.1, 0.15) is 39.1 Å². The van der Waals surface area contributed by atoms with Gasteiger partial charge < -0.3 is 10.1 Å². The second-order valence-corrected chi connectivity index (χ2v) is 6.34. The van der Waals surface area contributed by atoms with Gasteiger partial charge in [0, 0.05) is 0 Å². The molecule has 0 spiro atoms. The lowest BCUT2D eigenvalue weighted by Crippen LogP contribution is -2.85. The fraction of sp³-hybridized carbons (Fsp3) is 0.333. The highest BCUT2D eigenvalue weighted by molar-refractivity contribution is 5.78. The minimum Gasteiger partial charge on any atom is -0.492 e. The summed E-state index contributed by atoms with van der Waals surface area (Å²) in [6.07, 6.45) is 1.07. The molecule has 1 atom stereocenters. The van der Waals surface area contributed by atoms with Gasteiger partial charge in [-0.05, 0) is 44.5 Å². The Balaban J connectivity index is 2.28. The summed E-state index contributed by atoms with van der Waals surface area (Å²) >= 11 is 0. The Morgan fingerprint density at radius 2 is 1.85 bits per heavy atom. The maximum absolute atomic E-state index is 13.3. The quantitative estimate of drug-likeness (QED) is 0.711. The molecule has 1 aromatic heterocycles. The lowest BCUT2D eigenvalue weighted by molar-refractivity contribution is -0.693. The number of hydrogen-bond acceptors (Lipinski definition) is 3. The van der Waals surface area contributed by atoms with Gasteiger partial charge in [0.1, 0.15) is 11.8 Å². The molecule has 26 heavy (non-hydrogen) atoms. The third kappa shape index (κ3) is 3.48. The standard InChI is InChI=1S/C21H25N3O2/c1-4-14-22-15(3)20-23-17-11-7-6-10-16(17)21(25)24(20)18-12-8-9-13-19(18)26-5-2/h6-13,15,22H,4-5,14H2,1-3H3/p+1/t15-/m0/s1. The summed E-state index contributed by atoms with van der Waals surface area (Å²) < 4.78 is 7.49. The van der Waals surface area contributed by atoms with E-state index in [1.165, 1.54) is 0 Å².